The topological polar surface area (TPSA) is 81.7 Å². The van der Waals surface area contributed by atoms with Crippen molar-refractivity contribution in [2.75, 3.05) is 17.6 Å². The quantitative estimate of drug-likeness (QED) is 0.553. The molecule has 0 fully saturated rings. The fraction of sp³-hybridized carbons (Fsp3) is 0.150. The Morgan fingerprint density at radius 2 is 1.82 bits per heavy atom. The molecule has 0 aliphatic rings. The van der Waals surface area contributed by atoms with Crippen LogP contribution in [0.1, 0.15) is 5.56 Å². The number of nitrogens with two attached hydrogens (primary N) is 1. The van der Waals surface area contributed by atoms with Gasteiger partial charge >= 0.3 is 0 Å². The Hall–Kier alpha value is -3.55. The third-order valence-corrected chi connectivity index (χ3v) is 4.49. The predicted molar refractivity (Wildman–Crippen MR) is 105 cm³/mol. The Kier molecular flexibility index (Phi) is 4.60. The minimum atomic E-state index is -0.985. The lowest BCUT2D eigenvalue weighted by molar-refractivity contribution is 0.511. The first-order valence-corrected chi connectivity index (χ1v) is 8.77. The smallest absolute Gasteiger partial charge is 0.225 e. The number of aromatic nitrogens is 4. The number of nitrogen functional groups attached to an aromatic ring is 1. The summed E-state index contributed by atoms with van der Waals surface area (Å²) in [6, 6.07) is 13.9. The normalized spacial score (nSPS) is 11.1. The molecule has 0 saturated heterocycles. The monoisotopic (exact) mass is 380 g/mol. The maximum Gasteiger partial charge on any atom is 0.225 e. The van der Waals surface area contributed by atoms with E-state index >= 15 is 0 Å². The highest BCUT2D eigenvalue weighted by atomic mass is 19.2. The molecule has 4 rings (SSSR count). The van der Waals surface area contributed by atoms with Gasteiger partial charge in [-0.3, -0.25) is 4.68 Å². The summed E-state index contributed by atoms with van der Waals surface area (Å²) in [6.07, 6.45) is 0.760. The van der Waals surface area contributed by atoms with Gasteiger partial charge in [0.05, 0.1) is 11.1 Å². The first kappa shape index (κ1) is 17.8. The van der Waals surface area contributed by atoms with E-state index in [2.05, 4.69) is 20.4 Å². The number of benzene rings is 2. The van der Waals surface area contributed by atoms with E-state index in [1.165, 1.54) is 16.8 Å². The second kappa shape index (κ2) is 7.22. The highest BCUT2D eigenvalue weighted by Crippen LogP contribution is 2.33. The first-order valence-electron chi connectivity index (χ1n) is 8.77. The molecule has 0 saturated carbocycles. The molecule has 0 amide bonds. The number of fused-ring (bicyclic) bond motifs is 1. The predicted octanol–water partition coefficient (Wildman–Crippen LogP) is 3.55. The zero-order valence-electron chi connectivity index (χ0n) is 15.2. The molecule has 0 unspecified atom stereocenters. The first-order chi connectivity index (χ1) is 13.5. The Bertz CT molecular complexity index is 1140. The number of aryl methyl sites for hydroxylation is 1. The summed E-state index contributed by atoms with van der Waals surface area (Å²) in [6.45, 7) is 0.572. The van der Waals surface area contributed by atoms with Crippen molar-refractivity contribution >= 4 is 22.8 Å². The summed E-state index contributed by atoms with van der Waals surface area (Å²) in [5.41, 5.74) is 7.77. The van der Waals surface area contributed by atoms with Crippen LogP contribution in [-0.2, 0) is 13.5 Å². The highest BCUT2D eigenvalue weighted by Gasteiger charge is 2.20. The molecule has 8 heteroatoms. The minimum Gasteiger partial charge on any atom is -0.383 e. The average molecular weight is 380 g/mol. The Morgan fingerprint density at radius 3 is 2.61 bits per heavy atom. The van der Waals surface area contributed by atoms with E-state index in [9.17, 15) is 8.78 Å². The van der Waals surface area contributed by atoms with Gasteiger partial charge in [-0.2, -0.15) is 10.1 Å². The molecule has 3 N–H and O–H groups in total. The van der Waals surface area contributed by atoms with Crippen molar-refractivity contribution in [1.29, 1.82) is 0 Å². The van der Waals surface area contributed by atoms with Gasteiger partial charge < -0.3 is 11.1 Å². The van der Waals surface area contributed by atoms with E-state index in [1.54, 1.807) is 7.05 Å². The minimum absolute atomic E-state index is 0.0122. The summed E-state index contributed by atoms with van der Waals surface area (Å²) in [4.78, 5) is 8.79. The molecule has 2 aromatic carbocycles. The van der Waals surface area contributed by atoms with Gasteiger partial charge in [0, 0.05) is 19.2 Å². The lowest BCUT2D eigenvalue weighted by Gasteiger charge is -2.09. The fourth-order valence-electron chi connectivity index (χ4n) is 3.04. The van der Waals surface area contributed by atoms with Crippen LogP contribution in [0.2, 0.25) is 0 Å². The van der Waals surface area contributed by atoms with E-state index in [-0.39, 0.29) is 23.0 Å². The van der Waals surface area contributed by atoms with E-state index in [0.717, 1.165) is 18.1 Å². The average Bonchev–Trinajstić information content (AvgIpc) is 2.98. The Labute approximate surface area is 160 Å². The number of anilines is 2. The fourth-order valence-corrected chi connectivity index (χ4v) is 3.04. The number of hydrogen-bond donors (Lipinski definition) is 2. The number of nitrogens with one attached hydrogen (secondary N) is 1. The third kappa shape index (κ3) is 3.24. The van der Waals surface area contributed by atoms with E-state index in [4.69, 9.17) is 5.73 Å². The maximum atomic E-state index is 14.4. The van der Waals surface area contributed by atoms with Gasteiger partial charge in [0.25, 0.3) is 0 Å². The van der Waals surface area contributed by atoms with Crippen LogP contribution in [-0.4, -0.2) is 26.3 Å². The SMILES string of the molecule is Cn1nc2nc(NCCc3ccccc3)nc(-c3cccc(F)c3F)c2c1N. The van der Waals surface area contributed by atoms with E-state index in [0.29, 0.717) is 17.6 Å². The largest absolute Gasteiger partial charge is 0.383 e. The van der Waals surface area contributed by atoms with Crippen molar-refractivity contribution in [1.82, 2.24) is 19.7 Å². The van der Waals surface area contributed by atoms with Crippen LogP contribution in [0.5, 0.6) is 0 Å². The van der Waals surface area contributed by atoms with Crippen LogP contribution >= 0.6 is 0 Å². The maximum absolute atomic E-state index is 14.4. The molecule has 0 radical (unpaired) electrons. The number of hydrogen-bond acceptors (Lipinski definition) is 5. The second-order valence-corrected chi connectivity index (χ2v) is 6.37. The summed E-state index contributed by atoms with van der Waals surface area (Å²) in [7, 11) is 1.66. The number of rotatable bonds is 5. The molecule has 6 nitrogen and oxygen atoms in total. The lowest BCUT2D eigenvalue weighted by atomic mass is 10.1. The summed E-state index contributed by atoms with van der Waals surface area (Å²) >= 11 is 0. The lowest BCUT2D eigenvalue weighted by Crippen LogP contribution is -2.09. The van der Waals surface area contributed by atoms with Crippen LogP contribution in [0.15, 0.2) is 48.5 Å². The molecule has 2 heterocycles. The zero-order valence-corrected chi connectivity index (χ0v) is 15.2. The molecule has 0 atom stereocenters. The van der Waals surface area contributed by atoms with Crippen LogP contribution in [0.25, 0.3) is 22.3 Å². The van der Waals surface area contributed by atoms with Crippen molar-refractivity contribution in [2.45, 2.75) is 6.42 Å². The summed E-state index contributed by atoms with van der Waals surface area (Å²) < 4.78 is 29.6. The van der Waals surface area contributed by atoms with E-state index in [1.807, 2.05) is 30.3 Å². The van der Waals surface area contributed by atoms with Gasteiger partial charge in [0.15, 0.2) is 17.3 Å². The van der Waals surface area contributed by atoms with Gasteiger partial charge in [-0.15, -0.1) is 0 Å². The standard InChI is InChI=1S/C20H18F2N6/c1-28-18(23)15-17(13-8-5-9-14(21)16(13)22)25-20(26-19(15)27-28)24-11-10-12-6-3-2-4-7-12/h2-9H,10-11,23H2,1H3,(H,24,26,27). The third-order valence-electron chi connectivity index (χ3n) is 4.49. The highest BCUT2D eigenvalue weighted by molar-refractivity contribution is 5.99. The van der Waals surface area contributed by atoms with Crippen LogP contribution in [0, 0.1) is 11.6 Å². The van der Waals surface area contributed by atoms with Crippen molar-refractivity contribution in [3.63, 3.8) is 0 Å². The molecule has 0 spiro atoms. The van der Waals surface area contributed by atoms with Gasteiger partial charge in [-0.25, -0.2) is 13.8 Å². The molecule has 0 aliphatic heterocycles. The zero-order chi connectivity index (χ0) is 19.7. The Balaban J connectivity index is 1.74. The molecule has 0 bridgehead atoms. The Morgan fingerprint density at radius 1 is 1.04 bits per heavy atom. The molecule has 2 aromatic heterocycles. The summed E-state index contributed by atoms with van der Waals surface area (Å²) in [5, 5.41) is 7.78. The van der Waals surface area contributed by atoms with Crippen LogP contribution < -0.4 is 11.1 Å². The second-order valence-electron chi connectivity index (χ2n) is 6.37. The summed E-state index contributed by atoms with van der Waals surface area (Å²) in [5.74, 6) is -1.38. The molecule has 0 aliphatic carbocycles. The molecule has 142 valence electrons. The van der Waals surface area contributed by atoms with Gasteiger partial charge in [0.1, 0.15) is 5.82 Å². The van der Waals surface area contributed by atoms with Crippen LogP contribution in [0.4, 0.5) is 20.5 Å². The van der Waals surface area contributed by atoms with Crippen LogP contribution in [0.3, 0.4) is 0 Å². The molecule has 28 heavy (non-hydrogen) atoms. The molecular weight excluding hydrogens is 362 g/mol. The van der Waals surface area contributed by atoms with Gasteiger partial charge in [-0.1, -0.05) is 36.4 Å². The van der Waals surface area contributed by atoms with E-state index < -0.39 is 11.6 Å². The van der Waals surface area contributed by atoms with Crippen molar-refractivity contribution in [3.05, 3.63) is 65.7 Å². The molecule has 4 aromatic rings. The van der Waals surface area contributed by atoms with Gasteiger partial charge in [0.2, 0.25) is 5.95 Å². The van der Waals surface area contributed by atoms with Crippen molar-refractivity contribution in [3.8, 4) is 11.3 Å². The number of nitrogens with zero attached hydrogens (tertiary/aromatic N) is 4. The number of halogens is 2. The molecular formula is C20H18F2N6. The van der Waals surface area contributed by atoms with Gasteiger partial charge in [-0.05, 0) is 24.1 Å². The van der Waals surface area contributed by atoms with Crippen molar-refractivity contribution in [2.24, 2.45) is 7.05 Å². The van der Waals surface area contributed by atoms with Crippen molar-refractivity contribution < 1.29 is 8.78 Å².